The van der Waals surface area contributed by atoms with Gasteiger partial charge in [-0.25, -0.2) is 0 Å². The van der Waals surface area contributed by atoms with Gasteiger partial charge >= 0.3 is 0 Å². The van der Waals surface area contributed by atoms with Crippen LogP contribution in [0.2, 0.25) is 5.02 Å². The molecule has 1 unspecified atom stereocenters. The maximum Gasteiger partial charge on any atom is 0.105 e. The summed E-state index contributed by atoms with van der Waals surface area (Å²) in [4.78, 5) is 4.11. The molecule has 0 radical (unpaired) electrons. The SMILES string of the molecule is Cc1ccc(C(O)c2cccc3cnccc23)cc1Cl. The Hall–Kier alpha value is -1.90. The standard InChI is InChI=1S/C17H14ClNO/c1-11-5-6-12(9-16(11)18)17(20)15-4-2-3-13-10-19-8-7-14(13)15/h2-10,17,20H,1H3. The minimum atomic E-state index is -0.695. The van der Waals surface area contributed by atoms with E-state index < -0.39 is 6.10 Å². The van der Waals surface area contributed by atoms with Gasteiger partial charge in [0.1, 0.15) is 6.10 Å². The summed E-state index contributed by atoms with van der Waals surface area (Å²) in [6.45, 7) is 1.95. The number of hydrogen-bond acceptors (Lipinski definition) is 2. The van der Waals surface area contributed by atoms with Crippen molar-refractivity contribution in [2.75, 3.05) is 0 Å². The van der Waals surface area contributed by atoms with Crippen molar-refractivity contribution in [3.05, 3.63) is 76.6 Å². The molecule has 1 atom stereocenters. The Morgan fingerprint density at radius 2 is 2.00 bits per heavy atom. The number of fused-ring (bicyclic) bond motifs is 1. The van der Waals surface area contributed by atoms with E-state index in [1.165, 1.54) is 0 Å². The van der Waals surface area contributed by atoms with Crippen LogP contribution in [0.15, 0.2) is 54.9 Å². The lowest BCUT2D eigenvalue weighted by Crippen LogP contribution is -2.01. The molecule has 0 bridgehead atoms. The highest BCUT2D eigenvalue weighted by atomic mass is 35.5. The average molecular weight is 284 g/mol. The van der Waals surface area contributed by atoms with Gasteiger partial charge in [-0.3, -0.25) is 4.98 Å². The maximum atomic E-state index is 10.6. The molecule has 3 heteroatoms. The molecule has 2 nitrogen and oxygen atoms in total. The summed E-state index contributed by atoms with van der Waals surface area (Å²) < 4.78 is 0. The Morgan fingerprint density at radius 3 is 2.80 bits per heavy atom. The van der Waals surface area contributed by atoms with Gasteiger partial charge in [0.05, 0.1) is 0 Å². The first kappa shape index (κ1) is 13.1. The first-order valence-electron chi connectivity index (χ1n) is 6.43. The molecule has 20 heavy (non-hydrogen) atoms. The van der Waals surface area contributed by atoms with Crippen LogP contribution in [-0.4, -0.2) is 10.1 Å². The van der Waals surface area contributed by atoms with Gasteiger partial charge in [-0.2, -0.15) is 0 Å². The Balaban J connectivity index is 2.12. The van der Waals surface area contributed by atoms with E-state index in [1.54, 1.807) is 12.4 Å². The molecule has 0 amide bonds. The lowest BCUT2D eigenvalue weighted by molar-refractivity contribution is 0.222. The second kappa shape index (κ2) is 5.23. The number of benzene rings is 2. The van der Waals surface area contributed by atoms with Crippen molar-refractivity contribution < 1.29 is 5.11 Å². The van der Waals surface area contributed by atoms with Crippen LogP contribution in [-0.2, 0) is 0 Å². The highest BCUT2D eigenvalue weighted by Crippen LogP contribution is 2.30. The largest absolute Gasteiger partial charge is 0.384 e. The molecule has 0 aliphatic heterocycles. The van der Waals surface area contributed by atoms with Crippen LogP contribution < -0.4 is 0 Å². The van der Waals surface area contributed by atoms with E-state index in [9.17, 15) is 5.11 Å². The summed E-state index contributed by atoms with van der Waals surface area (Å²) in [6.07, 6.45) is 2.84. The van der Waals surface area contributed by atoms with E-state index in [2.05, 4.69) is 4.98 Å². The number of rotatable bonds is 2. The first-order valence-corrected chi connectivity index (χ1v) is 6.81. The van der Waals surface area contributed by atoms with Crippen molar-refractivity contribution in [1.82, 2.24) is 4.98 Å². The molecule has 0 fully saturated rings. The Kier molecular flexibility index (Phi) is 3.43. The third-order valence-electron chi connectivity index (χ3n) is 3.52. The molecule has 1 aromatic heterocycles. The summed E-state index contributed by atoms with van der Waals surface area (Å²) in [5.41, 5.74) is 2.67. The van der Waals surface area contributed by atoms with Gasteiger partial charge in [-0.1, -0.05) is 41.9 Å². The average Bonchev–Trinajstić information content (AvgIpc) is 2.49. The van der Waals surface area contributed by atoms with Crippen LogP contribution in [0, 0.1) is 6.92 Å². The van der Waals surface area contributed by atoms with Crippen LogP contribution in [0.3, 0.4) is 0 Å². The molecule has 0 spiro atoms. The first-order chi connectivity index (χ1) is 9.66. The molecule has 0 aliphatic rings. The van der Waals surface area contributed by atoms with Crippen molar-refractivity contribution >= 4 is 22.4 Å². The number of aryl methyl sites for hydroxylation is 1. The highest BCUT2D eigenvalue weighted by Gasteiger charge is 2.14. The van der Waals surface area contributed by atoms with E-state index in [0.29, 0.717) is 5.02 Å². The van der Waals surface area contributed by atoms with Crippen LogP contribution in [0.1, 0.15) is 22.8 Å². The number of nitrogens with zero attached hydrogens (tertiary/aromatic N) is 1. The monoisotopic (exact) mass is 283 g/mol. The summed E-state index contributed by atoms with van der Waals surface area (Å²) in [6, 6.07) is 13.4. The number of aliphatic hydroxyl groups is 1. The number of halogens is 1. The van der Waals surface area contributed by atoms with Crippen LogP contribution in [0.25, 0.3) is 10.8 Å². The molecule has 1 heterocycles. The molecule has 0 saturated heterocycles. The van der Waals surface area contributed by atoms with Crippen LogP contribution in [0.5, 0.6) is 0 Å². The number of pyridine rings is 1. The summed E-state index contributed by atoms with van der Waals surface area (Å²) in [5, 5.41) is 13.3. The molecular formula is C17H14ClNO. The maximum absolute atomic E-state index is 10.6. The molecule has 100 valence electrons. The van der Waals surface area contributed by atoms with Crippen molar-refractivity contribution in [2.45, 2.75) is 13.0 Å². The molecule has 1 N–H and O–H groups in total. The third-order valence-corrected chi connectivity index (χ3v) is 3.93. The number of hydrogen-bond donors (Lipinski definition) is 1. The molecule has 0 aliphatic carbocycles. The fourth-order valence-electron chi connectivity index (χ4n) is 2.34. The van der Waals surface area contributed by atoms with E-state index >= 15 is 0 Å². The molecular weight excluding hydrogens is 270 g/mol. The van der Waals surface area contributed by atoms with E-state index in [-0.39, 0.29) is 0 Å². The molecule has 3 rings (SSSR count). The predicted octanol–water partition coefficient (Wildman–Crippen LogP) is 4.28. The van der Waals surface area contributed by atoms with Crippen molar-refractivity contribution in [3.8, 4) is 0 Å². The number of aromatic nitrogens is 1. The summed E-state index contributed by atoms with van der Waals surface area (Å²) >= 11 is 6.14. The Bertz CT molecular complexity index is 765. The van der Waals surface area contributed by atoms with E-state index in [1.807, 2.05) is 49.4 Å². The van der Waals surface area contributed by atoms with Crippen LogP contribution >= 0.6 is 11.6 Å². The summed E-state index contributed by atoms with van der Waals surface area (Å²) in [5.74, 6) is 0. The van der Waals surface area contributed by atoms with Gasteiger partial charge in [0.2, 0.25) is 0 Å². The van der Waals surface area contributed by atoms with Gasteiger partial charge < -0.3 is 5.11 Å². The zero-order chi connectivity index (χ0) is 14.1. The lowest BCUT2D eigenvalue weighted by Gasteiger charge is -2.15. The fourth-order valence-corrected chi connectivity index (χ4v) is 2.53. The zero-order valence-electron chi connectivity index (χ0n) is 11.0. The molecule has 0 saturated carbocycles. The topological polar surface area (TPSA) is 33.1 Å². The second-order valence-corrected chi connectivity index (χ2v) is 5.26. The predicted molar refractivity (Wildman–Crippen MR) is 82.0 cm³/mol. The normalized spacial score (nSPS) is 12.6. The third kappa shape index (κ3) is 2.28. The highest BCUT2D eigenvalue weighted by molar-refractivity contribution is 6.31. The van der Waals surface area contributed by atoms with Gasteiger partial charge in [0.25, 0.3) is 0 Å². The Labute approximate surface area is 122 Å². The van der Waals surface area contributed by atoms with Crippen molar-refractivity contribution in [1.29, 1.82) is 0 Å². The quantitative estimate of drug-likeness (QED) is 0.761. The second-order valence-electron chi connectivity index (χ2n) is 4.86. The minimum Gasteiger partial charge on any atom is -0.384 e. The molecule has 2 aromatic carbocycles. The van der Waals surface area contributed by atoms with Crippen LogP contribution in [0.4, 0.5) is 0 Å². The number of aliphatic hydroxyl groups excluding tert-OH is 1. The fraction of sp³-hybridized carbons (Fsp3) is 0.118. The van der Waals surface area contributed by atoms with Gasteiger partial charge in [-0.15, -0.1) is 0 Å². The molecule has 3 aromatic rings. The van der Waals surface area contributed by atoms with Crippen molar-refractivity contribution in [2.24, 2.45) is 0 Å². The summed E-state index contributed by atoms with van der Waals surface area (Å²) in [7, 11) is 0. The van der Waals surface area contributed by atoms with Gasteiger partial charge in [-0.05, 0) is 41.1 Å². The smallest absolute Gasteiger partial charge is 0.105 e. The van der Waals surface area contributed by atoms with Gasteiger partial charge in [0.15, 0.2) is 0 Å². The zero-order valence-corrected chi connectivity index (χ0v) is 11.8. The Morgan fingerprint density at radius 1 is 1.15 bits per heavy atom. The van der Waals surface area contributed by atoms with E-state index in [4.69, 9.17) is 11.6 Å². The van der Waals surface area contributed by atoms with E-state index in [0.717, 1.165) is 27.5 Å². The minimum absolute atomic E-state index is 0.670. The van der Waals surface area contributed by atoms with Gasteiger partial charge in [0, 0.05) is 22.8 Å². The lowest BCUT2D eigenvalue weighted by atomic mass is 9.96. The van der Waals surface area contributed by atoms with Crippen molar-refractivity contribution in [3.63, 3.8) is 0 Å².